The van der Waals surface area contributed by atoms with Crippen molar-refractivity contribution in [1.82, 2.24) is 4.57 Å². The number of allylic oxidation sites excluding steroid dienone is 1. The summed E-state index contributed by atoms with van der Waals surface area (Å²) in [5, 5.41) is 19.2. The molecule has 1 aromatic rings. The van der Waals surface area contributed by atoms with E-state index in [9.17, 15) is 19.7 Å². The summed E-state index contributed by atoms with van der Waals surface area (Å²) in [5.74, 6) is -1.15. The van der Waals surface area contributed by atoms with Crippen molar-refractivity contribution in [3.05, 3.63) is 48.9 Å². The molecular formula is C10H9BrN2O5. The van der Waals surface area contributed by atoms with Gasteiger partial charge < -0.3 is 9.67 Å². The van der Waals surface area contributed by atoms with Crippen molar-refractivity contribution in [1.29, 1.82) is 0 Å². The lowest BCUT2D eigenvalue weighted by molar-refractivity contribution is -0.386. The molecule has 8 heteroatoms. The van der Waals surface area contributed by atoms with E-state index in [4.69, 9.17) is 5.11 Å². The molecule has 0 bridgehead atoms. The molecule has 18 heavy (non-hydrogen) atoms. The Balaban J connectivity index is 3.25. The van der Waals surface area contributed by atoms with Crippen molar-refractivity contribution < 1.29 is 14.8 Å². The van der Waals surface area contributed by atoms with Gasteiger partial charge in [0.1, 0.15) is 0 Å². The Morgan fingerprint density at radius 2 is 2.28 bits per heavy atom. The summed E-state index contributed by atoms with van der Waals surface area (Å²) >= 11 is 2.99. The highest BCUT2D eigenvalue weighted by Gasteiger charge is 2.17. The average Bonchev–Trinajstić information content (AvgIpc) is 2.28. The number of hydrogen-bond acceptors (Lipinski definition) is 4. The molecule has 0 radical (unpaired) electrons. The van der Waals surface area contributed by atoms with Crippen molar-refractivity contribution in [3.63, 3.8) is 0 Å². The zero-order valence-corrected chi connectivity index (χ0v) is 10.9. The lowest BCUT2D eigenvalue weighted by atomic mass is 10.2. The quantitative estimate of drug-likeness (QED) is 0.514. The molecule has 0 aromatic carbocycles. The summed E-state index contributed by atoms with van der Waals surface area (Å²) in [5.41, 5.74) is -0.415. The molecule has 0 unspecified atom stereocenters. The number of carboxylic acids is 1. The molecule has 0 fully saturated rings. The second kappa shape index (κ2) is 5.58. The Labute approximate surface area is 110 Å². The summed E-state index contributed by atoms with van der Waals surface area (Å²) in [4.78, 5) is 32.2. The van der Waals surface area contributed by atoms with Crippen molar-refractivity contribution >= 4 is 27.6 Å². The van der Waals surface area contributed by atoms with Crippen LogP contribution < -0.4 is 5.56 Å². The van der Waals surface area contributed by atoms with Gasteiger partial charge in [0.15, 0.2) is 0 Å². The second-order valence-electron chi connectivity index (χ2n) is 3.41. The Morgan fingerprint density at radius 1 is 1.67 bits per heavy atom. The fraction of sp³-hybridized carbons (Fsp3) is 0.200. The number of nitro groups is 1. The molecule has 0 aliphatic rings. The highest BCUT2D eigenvalue weighted by molar-refractivity contribution is 9.10. The number of nitrogens with zero attached hydrogens (tertiary/aromatic N) is 2. The Kier molecular flexibility index (Phi) is 4.38. The van der Waals surface area contributed by atoms with Crippen molar-refractivity contribution in [3.8, 4) is 0 Å². The highest BCUT2D eigenvalue weighted by Crippen LogP contribution is 2.22. The Hall–Kier alpha value is -1.96. The van der Waals surface area contributed by atoms with Crippen LogP contribution in [0, 0.1) is 17.0 Å². The van der Waals surface area contributed by atoms with Gasteiger partial charge in [-0.3, -0.25) is 14.9 Å². The van der Waals surface area contributed by atoms with Gasteiger partial charge in [0, 0.05) is 18.2 Å². The van der Waals surface area contributed by atoms with E-state index in [0.29, 0.717) is 0 Å². The summed E-state index contributed by atoms with van der Waals surface area (Å²) in [6.45, 7) is 1.41. The average molecular weight is 317 g/mol. The first-order valence-electron chi connectivity index (χ1n) is 4.78. The third kappa shape index (κ3) is 3.04. The van der Waals surface area contributed by atoms with E-state index in [1.807, 2.05) is 0 Å². The predicted octanol–water partition coefficient (Wildman–Crippen LogP) is 1.47. The van der Waals surface area contributed by atoms with Crippen molar-refractivity contribution in [2.24, 2.45) is 0 Å². The largest absolute Gasteiger partial charge is 0.478 e. The smallest absolute Gasteiger partial charge is 0.328 e. The fourth-order valence-corrected chi connectivity index (χ4v) is 1.72. The van der Waals surface area contributed by atoms with Crippen LogP contribution >= 0.6 is 15.9 Å². The van der Waals surface area contributed by atoms with Crippen LogP contribution in [0.1, 0.15) is 5.56 Å². The number of pyridine rings is 1. The molecule has 0 aliphatic heterocycles. The van der Waals surface area contributed by atoms with E-state index in [1.165, 1.54) is 13.0 Å². The van der Waals surface area contributed by atoms with Crippen LogP contribution in [-0.4, -0.2) is 20.6 Å². The first kappa shape index (κ1) is 14.1. The number of aromatic nitrogens is 1. The molecule has 0 amide bonds. The fourth-order valence-electron chi connectivity index (χ4n) is 1.29. The first-order valence-corrected chi connectivity index (χ1v) is 5.57. The van der Waals surface area contributed by atoms with Gasteiger partial charge in [0.2, 0.25) is 0 Å². The predicted molar refractivity (Wildman–Crippen MR) is 66.6 cm³/mol. The number of carbonyl (C=O) groups is 1. The van der Waals surface area contributed by atoms with Gasteiger partial charge in [-0.1, -0.05) is 6.08 Å². The summed E-state index contributed by atoms with van der Waals surface area (Å²) in [7, 11) is 0. The Bertz CT molecular complexity index is 591. The summed E-state index contributed by atoms with van der Waals surface area (Å²) in [6, 6.07) is 0. The molecular weight excluding hydrogens is 308 g/mol. The minimum atomic E-state index is -1.15. The summed E-state index contributed by atoms with van der Waals surface area (Å²) in [6.07, 6.45) is 3.19. The van der Waals surface area contributed by atoms with E-state index >= 15 is 0 Å². The van der Waals surface area contributed by atoms with Crippen LogP contribution in [0.15, 0.2) is 27.6 Å². The molecule has 0 aliphatic carbocycles. The van der Waals surface area contributed by atoms with Gasteiger partial charge in [0.25, 0.3) is 11.2 Å². The third-order valence-electron chi connectivity index (χ3n) is 2.20. The third-order valence-corrected chi connectivity index (χ3v) is 3.13. The summed E-state index contributed by atoms with van der Waals surface area (Å²) < 4.78 is 1.16. The van der Waals surface area contributed by atoms with E-state index in [1.54, 1.807) is 0 Å². The number of rotatable bonds is 4. The van der Waals surface area contributed by atoms with Gasteiger partial charge in [-0.15, -0.1) is 0 Å². The first-order chi connectivity index (χ1) is 8.34. The lowest BCUT2D eigenvalue weighted by Gasteiger charge is -2.05. The highest BCUT2D eigenvalue weighted by atomic mass is 79.9. The molecule has 0 saturated heterocycles. The van der Waals surface area contributed by atoms with E-state index in [-0.39, 0.29) is 22.3 Å². The van der Waals surface area contributed by atoms with Crippen LogP contribution in [0.3, 0.4) is 0 Å². The van der Waals surface area contributed by atoms with Crippen LogP contribution in [0.2, 0.25) is 0 Å². The topological polar surface area (TPSA) is 102 Å². The zero-order chi connectivity index (χ0) is 13.9. The normalized spacial score (nSPS) is 10.8. The Morgan fingerprint density at radius 3 is 2.78 bits per heavy atom. The van der Waals surface area contributed by atoms with Crippen LogP contribution in [-0.2, 0) is 11.3 Å². The number of aliphatic carboxylic acids is 1. The minimum Gasteiger partial charge on any atom is -0.478 e. The number of halogens is 1. The van der Waals surface area contributed by atoms with Gasteiger partial charge in [-0.2, -0.15) is 0 Å². The lowest BCUT2D eigenvalue weighted by Crippen LogP contribution is -2.21. The minimum absolute atomic E-state index is 0.0507. The zero-order valence-electron chi connectivity index (χ0n) is 9.29. The van der Waals surface area contributed by atoms with Gasteiger partial charge in [-0.25, -0.2) is 4.79 Å². The second-order valence-corrected chi connectivity index (χ2v) is 4.20. The molecule has 1 N–H and O–H groups in total. The van der Waals surface area contributed by atoms with Gasteiger partial charge >= 0.3 is 5.97 Å². The SMILES string of the molecule is Cc1c([N+](=O)[O-])cn(C/C=C/C(=O)O)c(=O)c1Br. The maximum Gasteiger partial charge on any atom is 0.328 e. The molecule has 1 rings (SSSR count). The van der Waals surface area contributed by atoms with Crippen LogP contribution in [0.25, 0.3) is 0 Å². The molecule has 1 heterocycles. The molecule has 1 aromatic heterocycles. The maximum atomic E-state index is 11.8. The van der Waals surface area contributed by atoms with Crippen LogP contribution in [0.5, 0.6) is 0 Å². The van der Waals surface area contributed by atoms with E-state index in [2.05, 4.69) is 15.9 Å². The molecule has 96 valence electrons. The standard InChI is InChI=1S/C10H9BrN2O5/c1-6-7(13(17)18)5-12(10(16)9(6)11)4-2-3-8(14)15/h2-3,5H,4H2,1H3,(H,14,15)/b3-2+. The van der Waals surface area contributed by atoms with Crippen molar-refractivity contribution in [2.75, 3.05) is 0 Å². The van der Waals surface area contributed by atoms with E-state index in [0.717, 1.165) is 16.8 Å². The van der Waals surface area contributed by atoms with Crippen LogP contribution in [0.4, 0.5) is 5.69 Å². The van der Waals surface area contributed by atoms with E-state index < -0.39 is 16.5 Å². The molecule has 0 atom stereocenters. The molecule has 0 saturated carbocycles. The number of carboxylic acid groups (broad SMARTS) is 1. The van der Waals surface area contributed by atoms with Gasteiger partial charge in [-0.05, 0) is 22.9 Å². The monoisotopic (exact) mass is 316 g/mol. The molecule has 7 nitrogen and oxygen atoms in total. The van der Waals surface area contributed by atoms with Gasteiger partial charge in [0.05, 0.1) is 15.6 Å². The maximum absolute atomic E-state index is 11.8. The molecule has 0 spiro atoms. The van der Waals surface area contributed by atoms with Crippen molar-refractivity contribution in [2.45, 2.75) is 13.5 Å². The number of hydrogen-bond donors (Lipinski definition) is 1.